The van der Waals surface area contributed by atoms with E-state index < -0.39 is 23.0 Å². The molecular weight excluding hydrogens is 678 g/mol. The second-order valence-electron chi connectivity index (χ2n) is 9.82. The van der Waals surface area contributed by atoms with Crippen molar-refractivity contribution in [3.05, 3.63) is 96.3 Å². The maximum Gasteiger partial charge on any atom is 0.308 e. The van der Waals surface area contributed by atoms with Crippen LogP contribution in [-0.4, -0.2) is 41.8 Å². The van der Waals surface area contributed by atoms with Crippen LogP contribution in [0.2, 0.25) is 5.02 Å². The van der Waals surface area contributed by atoms with Crippen molar-refractivity contribution in [2.24, 2.45) is 5.92 Å². The Bertz CT molecular complexity index is 1810. The Morgan fingerprint density at radius 3 is 2.33 bits per heavy atom. The number of amides is 3. The van der Waals surface area contributed by atoms with Gasteiger partial charge in [-0.25, -0.2) is 4.90 Å². The number of ether oxygens (including phenoxy) is 2. The third-order valence-electron chi connectivity index (χ3n) is 7.33. The molecule has 3 heterocycles. The zero-order chi connectivity index (χ0) is 30.4. The Hall–Kier alpha value is -3.58. The summed E-state index contributed by atoms with van der Waals surface area (Å²) >= 11 is 11.5. The SMILES string of the molecule is COc1ccc([C@@H]2c3sc(=O)n(CC(=O)Nc4ccc(Cl)cc4)c3SC3C(=O)N(c4ccc(Br)cc4)C(=O)C32)cc1OC. The summed E-state index contributed by atoms with van der Waals surface area (Å²) in [6, 6.07) is 18.9. The number of nitrogens with one attached hydrogen (secondary N) is 1. The molecule has 2 aliphatic rings. The lowest BCUT2D eigenvalue weighted by molar-refractivity contribution is -0.122. The molecular formula is C30H23BrClN3O6S2. The van der Waals surface area contributed by atoms with Crippen LogP contribution >= 0.6 is 50.6 Å². The molecule has 0 radical (unpaired) electrons. The van der Waals surface area contributed by atoms with Gasteiger partial charge in [-0.2, -0.15) is 0 Å². The van der Waals surface area contributed by atoms with Gasteiger partial charge in [0.05, 0.1) is 30.9 Å². The number of hydrogen-bond acceptors (Lipinski definition) is 8. The molecule has 3 amide bonds. The number of aromatic nitrogens is 1. The minimum atomic E-state index is -0.818. The van der Waals surface area contributed by atoms with Gasteiger partial charge in [0.2, 0.25) is 17.7 Å². The number of anilines is 2. The zero-order valence-electron chi connectivity index (χ0n) is 22.7. The fourth-order valence-corrected chi connectivity index (χ4v) is 8.55. The fourth-order valence-electron chi connectivity index (χ4n) is 5.38. The summed E-state index contributed by atoms with van der Waals surface area (Å²) in [6.45, 7) is -0.269. The minimum Gasteiger partial charge on any atom is -0.493 e. The van der Waals surface area contributed by atoms with Crippen LogP contribution in [0.4, 0.5) is 11.4 Å². The lowest BCUT2D eigenvalue weighted by Gasteiger charge is -2.31. The average Bonchev–Trinajstić information content (AvgIpc) is 3.44. The predicted molar refractivity (Wildman–Crippen MR) is 170 cm³/mol. The summed E-state index contributed by atoms with van der Waals surface area (Å²) in [4.78, 5) is 55.9. The van der Waals surface area contributed by atoms with Gasteiger partial charge in [0, 0.05) is 26.0 Å². The van der Waals surface area contributed by atoms with Crippen LogP contribution < -0.4 is 24.6 Å². The van der Waals surface area contributed by atoms with Gasteiger partial charge < -0.3 is 14.8 Å². The third-order valence-corrected chi connectivity index (χ3v) is 10.7. The fraction of sp³-hybridized carbons (Fsp3) is 0.200. The first-order chi connectivity index (χ1) is 20.7. The average molecular weight is 701 g/mol. The molecule has 1 saturated heterocycles. The second kappa shape index (κ2) is 11.8. The number of fused-ring (bicyclic) bond motifs is 2. The molecule has 4 aromatic rings. The van der Waals surface area contributed by atoms with Gasteiger partial charge in [0.1, 0.15) is 11.8 Å². The molecule has 2 aliphatic heterocycles. The molecule has 0 aliphatic carbocycles. The molecule has 1 fully saturated rings. The van der Waals surface area contributed by atoms with E-state index in [0.29, 0.717) is 43.4 Å². The first-order valence-electron chi connectivity index (χ1n) is 13.0. The van der Waals surface area contributed by atoms with Crippen molar-refractivity contribution in [3.63, 3.8) is 0 Å². The lowest BCUT2D eigenvalue weighted by Crippen LogP contribution is -2.33. The normalized spacial score (nSPS) is 19.2. The molecule has 3 atom stereocenters. The number of rotatable bonds is 7. The molecule has 43 heavy (non-hydrogen) atoms. The maximum atomic E-state index is 14.1. The summed E-state index contributed by atoms with van der Waals surface area (Å²) in [7, 11) is 3.04. The second-order valence-corrected chi connectivity index (χ2v) is 13.3. The van der Waals surface area contributed by atoms with E-state index in [4.69, 9.17) is 21.1 Å². The smallest absolute Gasteiger partial charge is 0.308 e. The maximum absolute atomic E-state index is 14.1. The van der Waals surface area contributed by atoms with E-state index in [2.05, 4.69) is 21.2 Å². The Balaban J connectivity index is 1.43. The van der Waals surface area contributed by atoms with Crippen molar-refractivity contribution in [1.29, 1.82) is 0 Å². The molecule has 1 N–H and O–H groups in total. The summed E-state index contributed by atoms with van der Waals surface area (Å²) in [5, 5.41) is 2.98. The quantitative estimate of drug-likeness (QED) is 0.244. The molecule has 2 unspecified atom stereocenters. The van der Waals surface area contributed by atoms with Gasteiger partial charge in [0.25, 0.3) is 0 Å². The molecule has 220 valence electrons. The Labute approximate surface area is 267 Å². The molecule has 0 spiro atoms. The summed E-state index contributed by atoms with van der Waals surface area (Å²) in [5.41, 5.74) is 1.68. The van der Waals surface area contributed by atoms with Gasteiger partial charge in [-0.3, -0.25) is 23.7 Å². The number of imide groups is 1. The van der Waals surface area contributed by atoms with E-state index in [1.165, 1.54) is 23.7 Å². The van der Waals surface area contributed by atoms with E-state index in [-0.39, 0.29) is 23.2 Å². The zero-order valence-corrected chi connectivity index (χ0v) is 26.7. The summed E-state index contributed by atoms with van der Waals surface area (Å²) < 4.78 is 13.1. The van der Waals surface area contributed by atoms with Crippen molar-refractivity contribution >= 4 is 79.7 Å². The van der Waals surface area contributed by atoms with Crippen LogP contribution in [0.1, 0.15) is 16.4 Å². The van der Waals surface area contributed by atoms with E-state index in [0.717, 1.165) is 27.6 Å². The van der Waals surface area contributed by atoms with Crippen molar-refractivity contribution in [1.82, 2.24) is 4.57 Å². The topological polar surface area (TPSA) is 107 Å². The number of methoxy groups -OCH3 is 2. The molecule has 0 bridgehead atoms. The third kappa shape index (κ3) is 5.37. The van der Waals surface area contributed by atoms with Crippen LogP contribution in [0.15, 0.2) is 81.0 Å². The van der Waals surface area contributed by atoms with E-state index in [9.17, 15) is 19.2 Å². The van der Waals surface area contributed by atoms with Crippen LogP contribution in [0.5, 0.6) is 11.5 Å². The van der Waals surface area contributed by atoms with Gasteiger partial charge >= 0.3 is 4.87 Å². The van der Waals surface area contributed by atoms with Crippen LogP contribution in [0, 0.1) is 5.92 Å². The van der Waals surface area contributed by atoms with Crippen molar-refractivity contribution in [2.75, 3.05) is 24.4 Å². The standard InChI is InChI=1S/C30H23BrClN3O6S2/c1-40-20-12-3-15(13-21(20)41-2)23-24-25(28(38)35(27(24)37)19-10-4-16(31)5-11-19)42-29-26(23)43-30(39)34(29)14-22(36)33-18-8-6-17(32)7-9-18/h3-13,23-25H,14H2,1-2H3,(H,33,36)/t23-,24?,25?/m0/s1. The monoisotopic (exact) mass is 699 g/mol. The van der Waals surface area contributed by atoms with Gasteiger partial charge in [0.15, 0.2) is 11.5 Å². The number of carbonyl (C=O) groups excluding carboxylic acids is 3. The number of benzene rings is 3. The highest BCUT2D eigenvalue weighted by Gasteiger charge is 2.57. The van der Waals surface area contributed by atoms with Gasteiger partial charge in [-0.05, 0) is 66.2 Å². The summed E-state index contributed by atoms with van der Waals surface area (Å²) in [6.07, 6.45) is 0. The largest absolute Gasteiger partial charge is 0.493 e. The van der Waals surface area contributed by atoms with E-state index in [1.54, 1.807) is 60.7 Å². The van der Waals surface area contributed by atoms with Crippen molar-refractivity contribution < 1.29 is 23.9 Å². The Morgan fingerprint density at radius 1 is 0.953 bits per heavy atom. The molecule has 13 heteroatoms. The van der Waals surface area contributed by atoms with Crippen molar-refractivity contribution in [3.8, 4) is 11.5 Å². The Kier molecular flexibility index (Phi) is 8.12. The highest BCUT2D eigenvalue weighted by Crippen LogP contribution is 2.54. The highest BCUT2D eigenvalue weighted by atomic mass is 79.9. The minimum absolute atomic E-state index is 0.269. The Morgan fingerprint density at radius 2 is 1.65 bits per heavy atom. The number of thiazole rings is 1. The number of carbonyl (C=O) groups is 3. The first kappa shape index (κ1) is 29.5. The van der Waals surface area contributed by atoms with Gasteiger partial charge in [-0.15, -0.1) is 0 Å². The molecule has 6 rings (SSSR count). The number of halogens is 2. The lowest BCUT2D eigenvalue weighted by atomic mass is 9.83. The van der Waals surface area contributed by atoms with Crippen LogP contribution in [-0.2, 0) is 20.9 Å². The van der Waals surface area contributed by atoms with Crippen LogP contribution in [0.25, 0.3) is 0 Å². The van der Waals surface area contributed by atoms with Crippen LogP contribution in [0.3, 0.4) is 0 Å². The van der Waals surface area contributed by atoms with Crippen molar-refractivity contribution in [2.45, 2.75) is 22.7 Å². The molecule has 0 saturated carbocycles. The first-order valence-corrected chi connectivity index (χ1v) is 15.9. The summed E-state index contributed by atoms with van der Waals surface area (Å²) in [5.74, 6) is -1.63. The van der Waals surface area contributed by atoms with Gasteiger partial charge in [-0.1, -0.05) is 56.7 Å². The molecule has 9 nitrogen and oxygen atoms in total. The van der Waals surface area contributed by atoms with E-state index >= 15 is 0 Å². The molecule has 1 aromatic heterocycles. The highest BCUT2D eigenvalue weighted by molar-refractivity contribution is 9.10. The number of thioether (sulfide) groups is 1. The number of nitrogens with zero attached hydrogens (tertiary/aromatic N) is 2. The number of hydrogen-bond donors (Lipinski definition) is 1. The van der Waals surface area contributed by atoms with E-state index in [1.807, 2.05) is 6.07 Å². The predicted octanol–water partition coefficient (Wildman–Crippen LogP) is 5.78. The molecule has 3 aromatic carbocycles.